The Hall–Kier alpha value is -1.97. The van der Waals surface area contributed by atoms with E-state index in [2.05, 4.69) is 4.98 Å². The molecule has 0 radical (unpaired) electrons. The van der Waals surface area contributed by atoms with Crippen molar-refractivity contribution in [3.05, 3.63) is 64.1 Å². The largest absolute Gasteiger partial charge is 0.487 e. The second-order valence-corrected chi connectivity index (χ2v) is 5.35. The monoisotopic (exact) mass is 318 g/mol. The van der Waals surface area contributed by atoms with Crippen LogP contribution in [0.25, 0.3) is 10.9 Å². The number of benzene rings is 2. The van der Waals surface area contributed by atoms with E-state index in [4.69, 9.17) is 33.7 Å². The summed E-state index contributed by atoms with van der Waals surface area (Å²) >= 11 is 12.0. The maximum atomic E-state index is 6.09. The molecule has 0 atom stereocenters. The zero-order valence-electron chi connectivity index (χ0n) is 11.0. The fourth-order valence-electron chi connectivity index (χ4n) is 2.04. The van der Waals surface area contributed by atoms with Crippen molar-refractivity contribution in [1.29, 1.82) is 0 Å². The van der Waals surface area contributed by atoms with Gasteiger partial charge in [0.1, 0.15) is 23.2 Å². The Morgan fingerprint density at radius 2 is 1.86 bits per heavy atom. The van der Waals surface area contributed by atoms with Gasteiger partial charge in [0.15, 0.2) is 0 Å². The first kappa shape index (κ1) is 14.0. The molecule has 106 valence electrons. The minimum atomic E-state index is 0.281. The number of fused-ring (bicyclic) bond motifs is 1. The first-order valence-corrected chi connectivity index (χ1v) is 7.11. The van der Waals surface area contributed by atoms with Crippen LogP contribution < -0.4 is 10.5 Å². The van der Waals surface area contributed by atoms with Crippen molar-refractivity contribution in [2.24, 2.45) is 0 Å². The average molecular weight is 319 g/mol. The van der Waals surface area contributed by atoms with Crippen LogP contribution in [-0.4, -0.2) is 4.98 Å². The van der Waals surface area contributed by atoms with Gasteiger partial charge in [-0.25, -0.2) is 4.98 Å². The van der Waals surface area contributed by atoms with E-state index in [0.29, 0.717) is 21.6 Å². The first-order chi connectivity index (χ1) is 10.1. The van der Waals surface area contributed by atoms with Crippen LogP contribution in [0, 0.1) is 0 Å². The molecule has 5 heteroatoms. The summed E-state index contributed by atoms with van der Waals surface area (Å²) in [5.74, 6) is 0.976. The van der Waals surface area contributed by atoms with Crippen LogP contribution >= 0.6 is 23.2 Å². The quantitative estimate of drug-likeness (QED) is 0.761. The molecular formula is C16H12Cl2N2O. The van der Waals surface area contributed by atoms with Gasteiger partial charge >= 0.3 is 0 Å². The second kappa shape index (κ2) is 5.80. The number of anilines is 1. The molecule has 0 aliphatic carbocycles. The van der Waals surface area contributed by atoms with Crippen molar-refractivity contribution in [3.63, 3.8) is 0 Å². The molecule has 3 aromatic rings. The lowest BCUT2D eigenvalue weighted by Crippen LogP contribution is -2.03. The van der Waals surface area contributed by atoms with E-state index in [0.717, 1.165) is 16.5 Å². The van der Waals surface area contributed by atoms with Gasteiger partial charge in [-0.2, -0.15) is 0 Å². The molecule has 0 aliphatic heterocycles. The number of nitrogens with zero attached hydrogens (tertiary/aromatic N) is 1. The van der Waals surface area contributed by atoms with Crippen molar-refractivity contribution in [3.8, 4) is 5.75 Å². The van der Waals surface area contributed by atoms with Gasteiger partial charge < -0.3 is 10.5 Å². The minimum absolute atomic E-state index is 0.281. The smallest absolute Gasteiger partial charge is 0.139 e. The van der Waals surface area contributed by atoms with Crippen LogP contribution in [0.1, 0.15) is 5.56 Å². The summed E-state index contributed by atoms with van der Waals surface area (Å²) in [6.07, 6.45) is 0. The van der Waals surface area contributed by atoms with E-state index in [9.17, 15) is 0 Å². The molecule has 1 heterocycles. The van der Waals surface area contributed by atoms with E-state index in [1.165, 1.54) is 0 Å². The number of halogens is 2. The van der Waals surface area contributed by atoms with Crippen molar-refractivity contribution in [1.82, 2.24) is 4.98 Å². The third-order valence-corrected chi connectivity index (χ3v) is 3.94. The normalized spacial score (nSPS) is 10.8. The van der Waals surface area contributed by atoms with Crippen LogP contribution in [0.4, 0.5) is 5.82 Å². The number of ether oxygens (including phenoxy) is 1. The Bertz CT molecular complexity index is 805. The summed E-state index contributed by atoms with van der Waals surface area (Å²) in [6, 6.07) is 15.0. The molecule has 3 nitrogen and oxygen atoms in total. The molecule has 0 amide bonds. The number of nitrogens with two attached hydrogens (primary N) is 1. The zero-order valence-corrected chi connectivity index (χ0v) is 12.5. The third kappa shape index (κ3) is 2.89. The number of hydrogen-bond acceptors (Lipinski definition) is 3. The number of aromatic nitrogens is 1. The highest BCUT2D eigenvalue weighted by molar-refractivity contribution is 6.42. The van der Waals surface area contributed by atoms with Crippen molar-refractivity contribution in [2.45, 2.75) is 6.61 Å². The zero-order chi connectivity index (χ0) is 14.8. The highest BCUT2D eigenvalue weighted by Gasteiger charge is 2.08. The molecule has 0 bridgehead atoms. The van der Waals surface area contributed by atoms with Gasteiger partial charge in [-0.05, 0) is 24.3 Å². The van der Waals surface area contributed by atoms with Crippen molar-refractivity contribution in [2.75, 3.05) is 5.73 Å². The number of hydrogen-bond donors (Lipinski definition) is 1. The standard InChI is InChI=1S/C16H12Cl2N2O/c17-12-5-3-7-14(15(12)18)21-9-11-8-10-4-1-2-6-13(10)20-16(11)19/h1-8H,9H2,(H2,19,20). The molecule has 0 spiro atoms. The topological polar surface area (TPSA) is 48.1 Å². The van der Waals surface area contributed by atoms with Crippen LogP contribution in [0.2, 0.25) is 10.0 Å². The summed E-state index contributed by atoms with van der Waals surface area (Å²) in [6.45, 7) is 0.281. The highest BCUT2D eigenvalue weighted by atomic mass is 35.5. The SMILES string of the molecule is Nc1nc2ccccc2cc1COc1cccc(Cl)c1Cl. The summed E-state index contributed by atoms with van der Waals surface area (Å²) in [5, 5.41) is 1.87. The molecule has 0 fully saturated rings. The maximum absolute atomic E-state index is 6.09. The number of para-hydroxylation sites is 1. The van der Waals surface area contributed by atoms with E-state index in [-0.39, 0.29) is 6.61 Å². The first-order valence-electron chi connectivity index (χ1n) is 6.36. The maximum Gasteiger partial charge on any atom is 0.139 e. The molecule has 0 unspecified atom stereocenters. The van der Waals surface area contributed by atoms with Gasteiger partial charge in [0, 0.05) is 10.9 Å². The van der Waals surface area contributed by atoms with E-state index < -0.39 is 0 Å². The van der Waals surface area contributed by atoms with Gasteiger partial charge in [-0.1, -0.05) is 47.5 Å². The summed E-state index contributed by atoms with van der Waals surface area (Å²) < 4.78 is 5.70. The summed E-state index contributed by atoms with van der Waals surface area (Å²) in [7, 11) is 0. The average Bonchev–Trinajstić information content (AvgIpc) is 2.49. The lowest BCUT2D eigenvalue weighted by Gasteiger charge is -2.11. The lowest BCUT2D eigenvalue weighted by molar-refractivity contribution is 0.307. The Labute approximate surface area is 132 Å². The molecule has 2 aromatic carbocycles. The van der Waals surface area contributed by atoms with Crippen LogP contribution in [0.15, 0.2) is 48.5 Å². The van der Waals surface area contributed by atoms with Crippen molar-refractivity contribution >= 4 is 39.9 Å². The predicted molar refractivity (Wildman–Crippen MR) is 86.9 cm³/mol. The summed E-state index contributed by atoms with van der Waals surface area (Å²) in [4.78, 5) is 4.37. The third-order valence-electron chi connectivity index (χ3n) is 3.14. The second-order valence-electron chi connectivity index (χ2n) is 4.57. The van der Waals surface area contributed by atoms with Gasteiger partial charge in [-0.3, -0.25) is 0 Å². The van der Waals surface area contributed by atoms with E-state index in [1.54, 1.807) is 18.2 Å². The minimum Gasteiger partial charge on any atom is -0.487 e. The molecule has 3 rings (SSSR count). The summed E-state index contributed by atoms with van der Waals surface area (Å²) in [5.41, 5.74) is 7.64. The molecule has 0 saturated heterocycles. The molecule has 0 saturated carbocycles. The number of rotatable bonds is 3. The van der Waals surface area contributed by atoms with Gasteiger partial charge in [0.2, 0.25) is 0 Å². The fraction of sp³-hybridized carbons (Fsp3) is 0.0625. The van der Waals surface area contributed by atoms with Crippen LogP contribution in [0.3, 0.4) is 0 Å². The van der Waals surface area contributed by atoms with Crippen molar-refractivity contribution < 1.29 is 4.74 Å². The molecule has 1 aromatic heterocycles. The number of pyridine rings is 1. The lowest BCUT2D eigenvalue weighted by atomic mass is 10.1. The fourth-order valence-corrected chi connectivity index (χ4v) is 2.39. The Balaban J connectivity index is 1.88. The van der Waals surface area contributed by atoms with Gasteiger partial charge in [-0.15, -0.1) is 0 Å². The van der Waals surface area contributed by atoms with Gasteiger partial charge in [0.05, 0.1) is 10.5 Å². The van der Waals surface area contributed by atoms with Crippen LogP contribution in [-0.2, 0) is 6.61 Å². The van der Waals surface area contributed by atoms with E-state index in [1.807, 2.05) is 30.3 Å². The molecule has 21 heavy (non-hydrogen) atoms. The molecule has 2 N–H and O–H groups in total. The van der Waals surface area contributed by atoms with Gasteiger partial charge in [0.25, 0.3) is 0 Å². The molecule has 0 aliphatic rings. The predicted octanol–water partition coefficient (Wildman–Crippen LogP) is 4.70. The Kier molecular flexibility index (Phi) is 3.86. The number of nitrogen functional groups attached to an aromatic ring is 1. The molecular weight excluding hydrogens is 307 g/mol. The highest BCUT2D eigenvalue weighted by Crippen LogP contribution is 2.32. The Morgan fingerprint density at radius 3 is 2.71 bits per heavy atom. The van der Waals surface area contributed by atoms with E-state index >= 15 is 0 Å². The Morgan fingerprint density at radius 1 is 1.05 bits per heavy atom. The van der Waals surface area contributed by atoms with Crippen LogP contribution in [0.5, 0.6) is 5.75 Å².